The van der Waals surface area contributed by atoms with Crippen LogP contribution in [0.3, 0.4) is 0 Å². The van der Waals surface area contributed by atoms with Crippen LogP contribution < -0.4 is 5.32 Å². The number of rotatable bonds is 3. The molecular formula is C6H8N2OS2. The van der Waals surface area contributed by atoms with Gasteiger partial charge in [0, 0.05) is 5.38 Å². The third-order valence-electron chi connectivity index (χ3n) is 1.09. The van der Waals surface area contributed by atoms with Crippen molar-refractivity contribution in [2.75, 3.05) is 5.75 Å². The minimum Gasteiger partial charge on any atom is -0.350 e. The smallest absolute Gasteiger partial charge is 0.230 e. The standard InChI is InChI=1S/C6H8N2OS2/c9-6(2-10)7-1-5-3-11-4-8-5/h3-4,10H,1-2H2,(H,7,9). The van der Waals surface area contributed by atoms with Gasteiger partial charge in [0.15, 0.2) is 0 Å². The van der Waals surface area contributed by atoms with Crippen LogP contribution in [-0.4, -0.2) is 16.6 Å². The predicted molar refractivity (Wildman–Crippen MR) is 47.8 cm³/mol. The number of amides is 1. The van der Waals surface area contributed by atoms with Gasteiger partial charge in [0.05, 0.1) is 23.5 Å². The maximum Gasteiger partial charge on any atom is 0.230 e. The van der Waals surface area contributed by atoms with Gasteiger partial charge in [-0.25, -0.2) is 4.98 Å². The van der Waals surface area contributed by atoms with Crippen LogP contribution >= 0.6 is 24.0 Å². The van der Waals surface area contributed by atoms with Crippen molar-refractivity contribution in [3.05, 3.63) is 16.6 Å². The second kappa shape index (κ2) is 4.35. The van der Waals surface area contributed by atoms with E-state index in [4.69, 9.17) is 0 Å². The van der Waals surface area contributed by atoms with Crippen molar-refractivity contribution in [3.8, 4) is 0 Å². The number of nitrogens with zero attached hydrogens (tertiary/aromatic N) is 1. The lowest BCUT2D eigenvalue weighted by molar-refractivity contribution is -0.118. The zero-order valence-electron chi connectivity index (χ0n) is 5.78. The fourth-order valence-corrected chi connectivity index (χ4v) is 1.24. The van der Waals surface area contributed by atoms with Gasteiger partial charge in [0.1, 0.15) is 0 Å². The van der Waals surface area contributed by atoms with E-state index in [-0.39, 0.29) is 11.7 Å². The number of nitrogens with one attached hydrogen (secondary N) is 1. The van der Waals surface area contributed by atoms with Gasteiger partial charge in [-0.05, 0) is 0 Å². The molecule has 0 aliphatic rings. The van der Waals surface area contributed by atoms with Gasteiger partial charge in [0.2, 0.25) is 5.91 Å². The Kier molecular flexibility index (Phi) is 3.38. The fraction of sp³-hybridized carbons (Fsp3) is 0.333. The molecule has 0 aromatic carbocycles. The molecule has 0 fully saturated rings. The molecule has 0 bridgehead atoms. The van der Waals surface area contributed by atoms with E-state index in [2.05, 4.69) is 22.9 Å². The van der Waals surface area contributed by atoms with Crippen LogP contribution in [0.25, 0.3) is 0 Å². The first-order chi connectivity index (χ1) is 5.33. The first-order valence-electron chi connectivity index (χ1n) is 3.07. The molecule has 1 aromatic rings. The van der Waals surface area contributed by atoms with Crippen molar-refractivity contribution in [1.29, 1.82) is 0 Å². The van der Waals surface area contributed by atoms with Crippen LogP contribution in [0, 0.1) is 0 Å². The molecule has 60 valence electrons. The fourth-order valence-electron chi connectivity index (χ4n) is 0.570. The van der Waals surface area contributed by atoms with Crippen LogP contribution in [-0.2, 0) is 11.3 Å². The maximum absolute atomic E-state index is 10.7. The predicted octanol–water partition coefficient (Wildman–Crippen LogP) is 0.689. The quantitative estimate of drug-likeness (QED) is 0.685. The topological polar surface area (TPSA) is 42.0 Å². The molecular weight excluding hydrogens is 180 g/mol. The van der Waals surface area contributed by atoms with Crippen molar-refractivity contribution >= 4 is 29.9 Å². The van der Waals surface area contributed by atoms with E-state index in [0.717, 1.165) is 5.69 Å². The molecule has 0 atom stereocenters. The Morgan fingerprint density at radius 1 is 1.82 bits per heavy atom. The lowest BCUT2D eigenvalue weighted by atomic mass is 10.5. The summed E-state index contributed by atoms with van der Waals surface area (Å²) in [5.41, 5.74) is 2.63. The molecule has 1 aromatic heterocycles. The van der Waals surface area contributed by atoms with Crippen molar-refractivity contribution in [2.45, 2.75) is 6.54 Å². The largest absolute Gasteiger partial charge is 0.350 e. The molecule has 0 unspecified atom stereocenters. The highest BCUT2D eigenvalue weighted by Crippen LogP contribution is 1.99. The van der Waals surface area contributed by atoms with E-state index in [0.29, 0.717) is 6.54 Å². The number of carbonyl (C=O) groups is 1. The van der Waals surface area contributed by atoms with E-state index in [1.807, 2.05) is 5.38 Å². The normalized spacial score (nSPS) is 9.55. The maximum atomic E-state index is 10.7. The second-order valence-electron chi connectivity index (χ2n) is 1.91. The molecule has 3 nitrogen and oxygen atoms in total. The molecule has 1 N–H and O–H groups in total. The van der Waals surface area contributed by atoms with Gasteiger partial charge in [-0.1, -0.05) is 0 Å². The first-order valence-corrected chi connectivity index (χ1v) is 4.65. The first kappa shape index (κ1) is 8.55. The van der Waals surface area contributed by atoms with Crippen molar-refractivity contribution in [1.82, 2.24) is 10.3 Å². The van der Waals surface area contributed by atoms with Gasteiger partial charge in [0.25, 0.3) is 0 Å². The summed E-state index contributed by atoms with van der Waals surface area (Å²) in [5, 5.41) is 4.57. The Morgan fingerprint density at radius 3 is 3.18 bits per heavy atom. The average Bonchev–Trinajstić information content (AvgIpc) is 2.52. The summed E-state index contributed by atoms with van der Waals surface area (Å²) >= 11 is 5.33. The number of carbonyl (C=O) groups excluding carboxylic acids is 1. The Morgan fingerprint density at radius 2 is 2.64 bits per heavy atom. The molecule has 1 rings (SSSR count). The summed E-state index contributed by atoms with van der Waals surface area (Å²) in [5.74, 6) is 0.158. The molecule has 0 saturated carbocycles. The molecule has 0 aliphatic carbocycles. The van der Waals surface area contributed by atoms with Crippen LogP contribution in [0.4, 0.5) is 0 Å². The molecule has 0 radical (unpaired) electrons. The Labute approximate surface area is 74.3 Å². The Bertz CT molecular complexity index is 222. The number of thiol groups is 1. The number of aromatic nitrogens is 1. The zero-order chi connectivity index (χ0) is 8.10. The summed E-state index contributed by atoms with van der Waals surface area (Å²) in [6.45, 7) is 0.503. The minimum absolute atomic E-state index is 0.0682. The monoisotopic (exact) mass is 188 g/mol. The molecule has 0 aliphatic heterocycles. The molecule has 5 heteroatoms. The zero-order valence-corrected chi connectivity index (χ0v) is 7.49. The summed E-state index contributed by atoms with van der Waals surface area (Å²) in [7, 11) is 0. The van der Waals surface area contributed by atoms with Gasteiger partial charge < -0.3 is 5.32 Å². The summed E-state index contributed by atoms with van der Waals surface area (Å²) in [6.07, 6.45) is 0. The van der Waals surface area contributed by atoms with Gasteiger partial charge in [-0.3, -0.25) is 4.79 Å². The SMILES string of the molecule is O=C(CS)NCc1cscn1. The summed E-state index contributed by atoms with van der Waals surface area (Å²) in [6, 6.07) is 0. The third-order valence-corrected chi connectivity index (χ3v) is 2.02. The van der Waals surface area contributed by atoms with Crippen molar-refractivity contribution in [2.24, 2.45) is 0 Å². The molecule has 11 heavy (non-hydrogen) atoms. The molecule has 1 heterocycles. The molecule has 0 spiro atoms. The van der Waals surface area contributed by atoms with Crippen molar-refractivity contribution in [3.63, 3.8) is 0 Å². The molecule has 1 amide bonds. The third kappa shape index (κ3) is 2.90. The molecule has 0 saturated heterocycles. The van der Waals surface area contributed by atoms with E-state index >= 15 is 0 Å². The second-order valence-corrected chi connectivity index (χ2v) is 2.95. The summed E-state index contributed by atoms with van der Waals surface area (Å²) in [4.78, 5) is 14.7. The van der Waals surface area contributed by atoms with Crippen LogP contribution in [0.5, 0.6) is 0 Å². The highest BCUT2D eigenvalue weighted by Gasteiger charge is 1.97. The van der Waals surface area contributed by atoms with Gasteiger partial charge in [-0.2, -0.15) is 12.6 Å². The summed E-state index contributed by atoms with van der Waals surface area (Å²) < 4.78 is 0. The number of thiazole rings is 1. The van der Waals surface area contributed by atoms with Crippen LogP contribution in [0.15, 0.2) is 10.9 Å². The van der Waals surface area contributed by atoms with Gasteiger partial charge >= 0.3 is 0 Å². The lowest BCUT2D eigenvalue weighted by Gasteiger charge is -1.98. The minimum atomic E-state index is -0.0682. The van der Waals surface area contributed by atoms with Crippen LogP contribution in [0.1, 0.15) is 5.69 Å². The highest BCUT2D eigenvalue weighted by atomic mass is 32.1. The average molecular weight is 188 g/mol. The Balaban J connectivity index is 2.29. The Hall–Kier alpha value is -0.550. The lowest BCUT2D eigenvalue weighted by Crippen LogP contribution is -2.23. The van der Waals surface area contributed by atoms with E-state index in [1.165, 1.54) is 11.3 Å². The van der Waals surface area contributed by atoms with E-state index < -0.39 is 0 Å². The van der Waals surface area contributed by atoms with Crippen LogP contribution in [0.2, 0.25) is 0 Å². The highest BCUT2D eigenvalue weighted by molar-refractivity contribution is 7.81. The van der Waals surface area contributed by atoms with E-state index in [1.54, 1.807) is 5.51 Å². The number of hydrogen-bond donors (Lipinski definition) is 2. The number of hydrogen-bond acceptors (Lipinski definition) is 4. The van der Waals surface area contributed by atoms with E-state index in [9.17, 15) is 4.79 Å². The van der Waals surface area contributed by atoms with Gasteiger partial charge in [-0.15, -0.1) is 11.3 Å². The van der Waals surface area contributed by atoms with Crippen molar-refractivity contribution < 1.29 is 4.79 Å².